The third kappa shape index (κ3) is 3.90. The van der Waals surface area contributed by atoms with E-state index in [1.165, 1.54) is 16.7 Å². The molecule has 9 nitrogen and oxygen atoms in total. The van der Waals surface area contributed by atoms with Crippen LogP contribution in [0.2, 0.25) is 0 Å². The first-order valence-corrected chi connectivity index (χ1v) is 9.86. The summed E-state index contributed by atoms with van der Waals surface area (Å²) in [5.41, 5.74) is 1.37. The van der Waals surface area contributed by atoms with Crippen LogP contribution in [0.4, 0.5) is 16.0 Å². The van der Waals surface area contributed by atoms with Gasteiger partial charge in [-0.15, -0.1) is 0 Å². The average Bonchev–Trinajstić information content (AvgIpc) is 3.34. The van der Waals surface area contributed by atoms with E-state index in [2.05, 4.69) is 30.5 Å². The highest BCUT2D eigenvalue weighted by atomic mass is 19.1. The number of carbonyl (C=O) groups is 1. The maximum absolute atomic E-state index is 14.3. The highest BCUT2D eigenvalue weighted by Gasteiger charge is 2.25. The largest absolute Gasteiger partial charge is 0.477 e. The Kier molecular flexibility index (Phi) is 5.49. The standard InChI is InChI=1S/C20H24FN7O2/c1-4-30-19-15(8-23-20(26-19)27-6-5-13(10-27)22-3)18(29)25-14-7-16(21)17-24-12(2)9-28(17)11-14/h7-9,11,13,22H,4-6,10H2,1-3H3,(H,25,29)/t13-/m0/s1. The zero-order valence-electron chi connectivity index (χ0n) is 17.1. The summed E-state index contributed by atoms with van der Waals surface area (Å²) in [6.07, 6.45) is 5.74. The van der Waals surface area contributed by atoms with Crippen LogP contribution in [0, 0.1) is 12.7 Å². The van der Waals surface area contributed by atoms with E-state index < -0.39 is 11.7 Å². The maximum atomic E-state index is 14.3. The van der Waals surface area contributed by atoms with E-state index in [0.717, 1.165) is 19.5 Å². The number of nitrogens with zero attached hydrogens (tertiary/aromatic N) is 5. The van der Waals surface area contributed by atoms with Gasteiger partial charge in [-0.05, 0) is 27.3 Å². The van der Waals surface area contributed by atoms with Crippen LogP contribution in [-0.2, 0) is 0 Å². The van der Waals surface area contributed by atoms with E-state index in [9.17, 15) is 9.18 Å². The maximum Gasteiger partial charge on any atom is 0.262 e. The Morgan fingerprint density at radius 2 is 2.20 bits per heavy atom. The molecule has 1 aliphatic rings. The number of halogens is 1. The molecule has 0 aromatic carbocycles. The Morgan fingerprint density at radius 1 is 1.37 bits per heavy atom. The van der Waals surface area contributed by atoms with Crippen molar-refractivity contribution in [3.05, 3.63) is 41.7 Å². The molecule has 1 atom stereocenters. The molecule has 4 heterocycles. The van der Waals surface area contributed by atoms with Gasteiger partial charge in [0.2, 0.25) is 11.8 Å². The van der Waals surface area contributed by atoms with Crippen molar-refractivity contribution in [1.82, 2.24) is 24.7 Å². The number of carbonyl (C=O) groups excluding carboxylic acids is 1. The number of rotatable bonds is 6. The fourth-order valence-electron chi connectivity index (χ4n) is 3.54. The zero-order valence-corrected chi connectivity index (χ0v) is 17.1. The summed E-state index contributed by atoms with van der Waals surface area (Å²) in [4.78, 5) is 27.8. The lowest BCUT2D eigenvalue weighted by Crippen LogP contribution is -2.30. The Labute approximate surface area is 173 Å². The molecule has 0 bridgehead atoms. The van der Waals surface area contributed by atoms with Gasteiger partial charge < -0.3 is 24.7 Å². The Morgan fingerprint density at radius 3 is 2.93 bits per heavy atom. The molecule has 0 aliphatic carbocycles. The van der Waals surface area contributed by atoms with Crippen molar-refractivity contribution < 1.29 is 13.9 Å². The van der Waals surface area contributed by atoms with Crippen LogP contribution < -0.4 is 20.3 Å². The number of imidazole rings is 1. The van der Waals surface area contributed by atoms with Gasteiger partial charge in [-0.2, -0.15) is 4.98 Å². The summed E-state index contributed by atoms with van der Waals surface area (Å²) in [6, 6.07) is 1.61. The van der Waals surface area contributed by atoms with E-state index >= 15 is 0 Å². The van der Waals surface area contributed by atoms with Crippen LogP contribution in [0.25, 0.3) is 5.65 Å². The molecule has 2 N–H and O–H groups in total. The van der Waals surface area contributed by atoms with Gasteiger partial charge in [0.15, 0.2) is 11.5 Å². The lowest BCUT2D eigenvalue weighted by Gasteiger charge is -2.18. The topological polar surface area (TPSA) is 96.7 Å². The summed E-state index contributed by atoms with van der Waals surface area (Å²) in [6.45, 7) is 5.56. The highest BCUT2D eigenvalue weighted by Crippen LogP contribution is 2.23. The van der Waals surface area contributed by atoms with Crippen LogP contribution >= 0.6 is 0 Å². The van der Waals surface area contributed by atoms with Crippen LogP contribution in [0.5, 0.6) is 5.88 Å². The van der Waals surface area contributed by atoms with Gasteiger partial charge in [-0.25, -0.2) is 14.4 Å². The van der Waals surface area contributed by atoms with Gasteiger partial charge >= 0.3 is 0 Å². The highest BCUT2D eigenvalue weighted by molar-refractivity contribution is 6.05. The first kappa shape index (κ1) is 20.0. The molecule has 0 radical (unpaired) electrons. The van der Waals surface area contributed by atoms with Crippen LogP contribution in [0.3, 0.4) is 0 Å². The minimum Gasteiger partial charge on any atom is -0.477 e. The molecule has 0 unspecified atom stereocenters. The molecule has 3 aromatic rings. The fourth-order valence-corrected chi connectivity index (χ4v) is 3.54. The molecule has 4 rings (SSSR count). The van der Waals surface area contributed by atoms with Crippen LogP contribution in [0.1, 0.15) is 29.4 Å². The molecule has 158 valence electrons. The molecule has 3 aromatic heterocycles. The summed E-state index contributed by atoms with van der Waals surface area (Å²) in [5.74, 6) is -0.275. The summed E-state index contributed by atoms with van der Waals surface area (Å²) >= 11 is 0. The number of nitrogens with one attached hydrogen (secondary N) is 2. The van der Waals surface area contributed by atoms with Crippen molar-refractivity contribution in [3.63, 3.8) is 0 Å². The number of fused-ring (bicyclic) bond motifs is 1. The molecule has 0 spiro atoms. The van der Waals surface area contributed by atoms with E-state index in [1.54, 1.807) is 19.3 Å². The minimum atomic E-state index is -0.523. The number of pyridine rings is 1. The van der Waals surface area contributed by atoms with Crippen molar-refractivity contribution >= 4 is 23.2 Å². The molecular weight excluding hydrogens is 389 g/mol. The Balaban J connectivity index is 1.58. The third-order valence-electron chi connectivity index (χ3n) is 5.03. The number of ether oxygens (including phenoxy) is 1. The van der Waals surface area contributed by atoms with E-state index in [4.69, 9.17) is 4.74 Å². The van der Waals surface area contributed by atoms with Crippen molar-refractivity contribution in [2.24, 2.45) is 0 Å². The molecule has 10 heteroatoms. The number of amides is 1. The molecule has 1 fully saturated rings. The van der Waals surface area contributed by atoms with Crippen molar-refractivity contribution in [1.29, 1.82) is 0 Å². The predicted octanol–water partition coefficient (Wildman–Crippen LogP) is 2.02. The van der Waals surface area contributed by atoms with Crippen molar-refractivity contribution in [3.8, 4) is 5.88 Å². The second kappa shape index (κ2) is 8.23. The van der Waals surface area contributed by atoms with Crippen LogP contribution in [-0.4, -0.2) is 58.0 Å². The van der Waals surface area contributed by atoms with E-state index in [0.29, 0.717) is 30.0 Å². The van der Waals surface area contributed by atoms with Crippen molar-refractivity contribution in [2.75, 3.05) is 37.0 Å². The molecular formula is C20H24FN7O2. The molecule has 0 saturated carbocycles. The number of hydrogen-bond acceptors (Lipinski definition) is 7. The SMILES string of the molecule is CCOc1nc(N2CC[C@H](NC)C2)ncc1C(=O)Nc1cc(F)c2nc(C)cn2c1. The number of aryl methyl sites for hydroxylation is 1. The van der Waals surface area contributed by atoms with E-state index in [-0.39, 0.29) is 17.1 Å². The smallest absolute Gasteiger partial charge is 0.262 e. The monoisotopic (exact) mass is 413 g/mol. The zero-order chi connectivity index (χ0) is 21.3. The van der Waals surface area contributed by atoms with Crippen LogP contribution in [0.15, 0.2) is 24.7 Å². The average molecular weight is 413 g/mol. The summed E-state index contributed by atoms with van der Waals surface area (Å²) in [7, 11) is 1.93. The first-order valence-electron chi connectivity index (χ1n) is 9.86. The number of likely N-dealkylation sites (N-methyl/N-ethyl adjacent to an activating group) is 1. The Bertz CT molecular complexity index is 1080. The quantitative estimate of drug-likeness (QED) is 0.638. The normalized spacial score (nSPS) is 16.3. The number of hydrogen-bond donors (Lipinski definition) is 2. The second-order valence-corrected chi connectivity index (χ2v) is 7.19. The minimum absolute atomic E-state index is 0.187. The van der Waals surface area contributed by atoms with Gasteiger partial charge in [0.1, 0.15) is 5.56 Å². The molecule has 1 aliphatic heterocycles. The Hall–Kier alpha value is -3.27. The van der Waals surface area contributed by atoms with Gasteiger partial charge in [0.05, 0.1) is 18.0 Å². The predicted molar refractivity (Wildman–Crippen MR) is 111 cm³/mol. The third-order valence-corrected chi connectivity index (χ3v) is 5.03. The van der Waals surface area contributed by atoms with Gasteiger partial charge in [0, 0.05) is 43.8 Å². The van der Waals surface area contributed by atoms with Gasteiger partial charge in [-0.3, -0.25) is 4.79 Å². The summed E-state index contributed by atoms with van der Waals surface area (Å²) in [5, 5.41) is 5.94. The number of aromatic nitrogens is 4. The number of anilines is 2. The second-order valence-electron chi connectivity index (χ2n) is 7.19. The fraction of sp³-hybridized carbons (Fsp3) is 0.400. The van der Waals surface area contributed by atoms with E-state index in [1.807, 2.05) is 14.0 Å². The first-order chi connectivity index (χ1) is 14.5. The molecule has 1 amide bonds. The van der Waals surface area contributed by atoms with Gasteiger partial charge in [-0.1, -0.05) is 0 Å². The van der Waals surface area contributed by atoms with Gasteiger partial charge in [0.25, 0.3) is 5.91 Å². The summed E-state index contributed by atoms with van der Waals surface area (Å²) < 4.78 is 21.4. The van der Waals surface area contributed by atoms with Crippen molar-refractivity contribution in [2.45, 2.75) is 26.3 Å². The molecule has 30 heavy (non-hydrogen) atoms. The lowest BCUT2D eigenvalue weighted by atomic mass is 10.3. The molecule has 1 saturated heterocycles. The lowest BCUT2D eigenvalue weighted by molar-refractivity contribution is 0.102.